The van der Waals surface area contributed by atoms with E-state index in [9.17, 15) is 0 Å². The average molecular weight is 216 g/mol. The number of nitrogens with zero attached hydrogens (tertiary/aromatic N) is 1. The number of hydrogen-bond acceptors (Lipinski definition) is 2. The van der Waals surface area contributed by atoms with Crippen LogP contribution >= 0.6 is 0 Å². The smallest absolute Gasteiger partial charge is 0.0515 e. The molecular weight excluding hydrogens is 196 g/mol. The molecule has 2 aliphatic carbocycles. The van der Waals surface area contributed by atoms with Crippen LogP contribution in [-0.4, -0.2) is 4.98 Å². The minimum atomic E-state index is 0.232. The van der Waals surface area contributed by atoms with Crippen molar-refractivity contribution in [2.45, 2.75) is 57.8 Å². The molecule has 0 radical (unpaired) electrons. The molecule has 0 unspecified atom stereocenters. The van der Waals surface area contributed by atoms with E-state index in [1.165, 1.54) is 41.8 Å². The lowest BCUT2D eigenvalue weighted by Crippen LogP contribution is -2.18. The van der Waals surface area contributed by atoms with Crippen LogP contribution in [0.3, 0.4) is 0 Å². The van der Waals surface area contributed by atoms with Crippen molar-refractivity contribution in [3.8, 4) is 0 Å². The maximum atomic E-state index is 6.34. The van der Waals surface area contributed by atoms with Crippen LogP contribution in [0.25, 0.3) is 0 Å². The molecule has 2 N–H and O–H groups in total. The first-order chi connectivity index (χ1) is 7.59. The van der Waals surface area contributed by atoms with Gasteiger partial charge in [0.15, 0.2) is 0 Å². The van der Waals surface area contributed by atoms with Crippen molar-refractivity contribution in [2.24, 2.45) is 0 Å². The second kappa shape index (κ2) is 3.22. The highest BCUT2D eigenvalue weighted by Crippen LogP contribution is 2.42. The van der Waals surface area contributed by atoms with E-state index in [0.717, 1.165) is 24.9 Å². The second-order valence-electron chi connectivity index (χ2n) is 5.87. The predicted octanol–water partition coefficient (Wildman–Crippen LogP) is 2.77. The van der Waals surface area contributed by atoms with E-state index in [0.29, 0.717) is 0 Å². The van der Waals surface area contributed by atoms with E-state index >= 15 is 0 Å². The van der Waals surface area contributed by atoms with Crippen molar-refractivity contribution in [2.75, 3.05) is 5.73 Å². The van der Waals surface area contributed by atoms with Crippen molar-refractivity contribution >= 4 is 5.69 Å². The lowest BCUT2D eigenvalue weighted by Gasteiger charge is -2.23. The summed E-state index contributed by atoms with van der Waals surface area (Å²) in [5.74, 6) is 0. The molecule has 0 aliphatic heterocycles. The van der Waals surface area contributed by atoms with Crippen molar-refractivity contribution < 1.29 is 0 Å². The summed E-state index contributed by atoms with van der Waals surface area (Å²) in [5, 5.41) is 0. The van der Waals surface area contributed by atoms with Gasteiger partial charge in [-0.1, -0.05) is 13.8 Å². The lowest BCUT2D eigenvalue weighted by atomic mass is 9.88. The normalized spacial score (nSPS) is 21.6. The first-order valence-corrected chi connectivity index (χ1v) is 6.40. The molecule has 0 atom stereocenters. The molecule has 0 aromatic carbocycles. The fourth-order valence-corrected chi connectivity index (χ4v) is 3.18. The second-order valence-corrected chi connectivity index (χ2v) is 5.87. The van der Waals surface area contributed by atoms with Crippen LogP contribution < -0.4 is 5.73 Å². The number of hydrogen-bond donors (Lipinski definition) is 1. The van der Waals surface area contributed by atoms with Gasteiger partial charge in [-0.2, -0.15) is 0 Å². The maximum Gasteiger partial charge on any atom is 0.0515 e. The maximum absolute atomic E-state index is 6.34. The van der Waals surface area contributed by atoms with Crippen LogP contribution in [-0.2, 0) is 24.7 Å². The van der Waals surface area contributed by atoms with Gasteiger partial charge in [0.1, 0.15) is 0 Å². The van der Waals surface area contributed by atoms with Crippen molar-refractivity contribution in [1.82, 2.24) is 4.98 Å². The van der Waals surface area contributed by atoms with E-state index in [4.69, 9.17) is 10.7 Å². The molecule has 1 heterocycles. The lowest BCUT2D eigenvalue weighted by molar-refractivity contribution is 0.506. The SMILES string of the molecule is CC1(C)CCc2c1nc1c(c2N)CCCC1. The van der Waals surface area contributed by atoms with Crippen LogP contribution in [0.5, 0.6) is 0 Å². The molecule has 0 spiro atoms. The Bertz CT molecular complexity index is 447. The molecule has 2 aliphatic rings. The molecule has 0 bridgehead atoms. The van der Waals surface area contributed by atoms with E-state index in [1.54, 1.807) is 0 Å². The number of anilines is 1. The first-order valence-electron chi connectivity index (χ1n) is 6.40. The van der Waals surface area contributed by atoms with Gasteiger partial charge < -0.3 is 5.73 Å². The molecule has 1 aromatic heterocycles. The number of fused-ring (bicyclic) bond motifs is 2. The third-order valence-corrected chi connectivity index (χ3v) is 4.26. The highest BCUT2D eigenvalue weighted by Gasteiger charge is 2.34. The van der Waals surface area contributed by atoms with Crippen LogP contribution in [0, 0.1) is 0 Å². The fraction of sp³-hybridized carbons (Fsp3) is 0.643. The molecule has 0 saturated carbocycles. The van der Waals surface area contributed by atoms with E-state index in [-0.39, 0.29) is 5.41 Å². The summed E-state index contributed by atoms with van der Waals surface area (Å²) < 4.78 is 0. The summed E-state index contributed by atoms with van der Waals surface area (Å²) in [6, 6.07) is 0. The summed E-state index contributed by atoms with van der Waals surface area (Å²) in [5.41, 5.74) is 12.9. The van der Waals surface area contributed by atoms with Crippen molar-refractivity contribution in [3.63, 3.8) is 0 Å². The Morgan fingerprint density at radius 3 is 2.62 bits per heavy atom. The van der Waals surface area contributed by atoms with Gasteiger partial charge in [0.05, 0.1) is 5.69 Å². The molecule has 0 amide bonds. The minimum Gasteiger partial charge on any atom is -0.398 e. The Kier molecular flexibility index (Phi) is 2.04. The molecule has 0 fully saturated rings. The van der Waals surface area contributed by atoms with Crippen LogP contribution in [0.1, 0.15) is 55.6 Å². The Morgan fingerprint density at radius 1 is 1.06 bits per heavy atom. The first kappa shape index (κ1) is 10.1. The Balaban J connectivity index is 2.22. The molecule has 2 nitrogen and oxygen atoms in total. The largest absolute Gasteiger partial charge is 0.398 e. The standard InChI is InChI=1S/C14H20N2/c1-14(2)8-7-10-12(15)9-5-3-4-6-11(9)16-13(10)14/h3-8H2,1-2H3,(H2,15,16). The summed E-state index contributed by atoms with van der Waals surface area (Å²) in [7, 11) is 0. The molecule has 3 rings (SSSR count). The Labute approximate surface area is 97.3 Å². The molecule has 0 saturated heterocycles. The number of rotatable bonds is 0. The highest BCUT2D eigenvalue weighted by atomic mass is 14.8. The monoisotopic (exact) mass is 216 g/mol. The van der Waals surface area contributed by atoms with Gasteiger partial charge in [-0.05, 0) is 49.7 Å². The Hall–Kier alpha value is -1.05. The number of nitrogen functional groups attached to an aromatic ring is 1. The fourth-order valence-electron chi connectivity index (χ4n) is 3.18. The zero-order valence-electron chi connectivity index (χ0n) is 10.3. The number of aryl methyl sites for hydroxylation is 1. The van der Waals surface area contributed by atoms with Gasteiger partial charge in [-0.25, -0.2) is 0 Å². The summed E-state index contributed by atoms with van der Waals surface area (Å²) in [4.78, 5) is 4.93. The number of pyridine rings is 1. The topological polar surface area (TPSA) is 38.9 Å². The van der Waals surface area contributed by atoms with E-state index in [2.05, 4.69) is 13.8 Å². The van der Waals surface area contributed by atoms with Gasteiger partial charge in [0.25, 0.3) is 0 Å². The van der Waals surface area contributed by atoms with Gasteiger partial charge in [0.2, 0.25) is 0 Å². The van der Waals surface area contributed by atoms with Crippen LogP contribution in [0.4, 0.5) is 5.69 Å². The quantitative estimate of drug-likeness (QED) is 0.724. The Morgan fingerprint density at radius 2 is 1.81 bits per heavy atom. The summed E-state index contributed by atoms with van der Waals surface area (Å²) >= 11 is 0. The minimum absolute atomic E-state index is 0.232. The van der Waals surface area contributed by atoms with Gasteiger partial charge in [0, 0.05) is 16.8 Å². The van der Waals surface area contributed by atoms with E-state index in [1.807, 2.05) is 0 Å². The average Bonchev–Trinajstić information content (AvgIpc) is 2.56. The molecular formula is C14H20N2. The van der Waals surface area contributed by atoms with Crippen LogP contribution in [0.15, 0.2) is 0 Å². The van der Waals surface area contributed by atoms with E-state index < -0.39 is 0 Å². The molecule has 16 heavy (non-hydrogen) atoms. The molecule has 2 heteroatoms. The predicted molar refractivity (Wildman–Crippen MR) is 66.6 cm³/mol. The highest BCUT2D eigenvalue weighted by molar-refractivity contribution is 5.60. The number of nitrogens with two attached hydrogens (primary N) is 1. The van der Waals surface area contributed by atoms with Gasteiger partial charge in [-0.3, -0.25) is 4.98 Å². The zero-order valence-corrected chi connectivity index (χ0v) is 10.3. The third-order valence-electron chi connectivity index (χ3n) is 4.26. The summed E-state index contributed by atoms with van der Waals surface area (Å²) in [6.45, 7) is 4.58. The van der Waals surface area contributed by atoms with Crippen molar-refractivity contribution in [1.29, 1.82) is 0 Å². The van der Waals surface area contributed by atoms with Gasteiger partial charge >= 0.3 is 0 Å². The summed E-state index contributed by atoms with van der Waals surface area (Å²) in [6.07, 6.45) is 7.14. The zero-order chi connectivity index (χ0) is 11.3. The van der Waals surface area contributed by atoms with Crippen molar-refractivity contribution in [3.05, 3.63) is 22.5 Å². The van der Waals surface area contributed by atoms with Gasteiger partial charge in [-0.15, -0.1) is 0 Å². The third kappa shape index (κ3) is 1.28. The van der Waals surface area contributed by atoms with Crippen LogP contribution in [0.2, 0.25) is 0 Å². The molecule has 1 aromatic rings. The number of aromatic nitrogens is 1. The molecule has 86 valence electrons.